The zero-order valence-electron chi connectivity index (χ0n) is 15.7. The van der Waals surface area contributed by atoms with Crippen molar-refractivity contribution in [3.63, 3.8) is 0 Å². The minimum Gasteiger partial charge on any atom is -0.392 e. The first-order valence-corrected chi connectivity index (χ1v) is 9.67. The molecule has 1 saturated carbocycles. The summed E-state index contributed by atoms with van der Waals surface area (Å²) in [7, 11) is 0. The van der Waals surface area contributed by atoms with Gasteiger partial charge < -0.3 is 15.0 Å². The monoisotopic (exact) mass is 350 g/mol. The number of hydrogen-bond acceptors (Lipinski definition) is 4. The number of rotatable bonds is 12. The Morgan fingerprint density at radius 2 is 2.04 bits per heavy atom. The van der Waals surface area contributed by atoms with Crippen LogP contribution in [0.5, 0.6) is 0 Å². The van der Waals surface area contributed by atoms with E-state index in [9.17, 15) is 19.8 Å². The van der Waals surface area contributed by atoms with Crippen LogP contribution in [0.4, 0.5) is 0 Å². The molecule has 4 nitrogen and oxygen atoms in total. The summed E-state index contributed by atoms with van der Waals surface area (Å²) in [5, 5.41) is 20.1. The molecule has 0 aromatic rings. The number of Topliss-reactive ketones (excluding diaryl/α,β-unsaturated/α-hetero) is 2. The maximum Gasteiger partial charge on any atom is 0.139 e. The van der Waals surface area contributed by atoms with Crippen molar-refractivity contribution in [1.82, 2.24) is 0 Å². The SMILES string of the molecule is CCCCC[C@H](O)/C=C/C1C(C/C=C\CCCC(C)=O)C(=O)C[C@H]1O. The van der Waals surface area contributed by atoms with Gasteiger partial charge in [0, 0.05) is 24.7 Å². The van der Waals surface area contributed by atoms with Gasteiger partial charge in [-0.2, -0.15) is 0 Å². The molecule has 4 atom stereocenters. The average molecular weight is 350 g/mol. The molecule has 25 heavy (non-hydrogen) atoms. The number of hydrogen-bond donors (Lipinski definition) is 2. The first-order chi connectivity index (χ1) is 12.0. The summed E-state index contributed by atoms with van der Waals surface area (Å²) in [4.78, 5) is 23.0. The third kappa shape index (κ3) is 8.59. The Morgan fingerprint density at radius 1 is 1.28 bits per heavy atom. The molecule has 1 rings (SSSR count). The smallest absolute Gasteiger partial charge is 0.139 e. The van der Waals surface area contributed by atoms with Crippen molar-refractivity contribution >= 4 is 11.6 Å². The second-order valence-electron chi connectivity index (χ2n) is 7.17. The minimum atomic E-state index is -0.650. The predicted octanol–water partition coefficient (Wildman–Crippen LogP) is 3.76. The largest absolute Gasteiger partial charge is 0.392 e. The van der Waals surface area contributed by atoms with E-state index in [1.165, 1.54) is 0 Å². The lowest BCUT2D eigenvalue weighted by Crippen LogP contribution is -2.18. The Hall–Kier alpha value is -1.26. The van der Waals surface area contributed by atoms with Crippen molar-refractivity contribution in [3.05, 3.63) is 24.3 Å². The van der Waals surface area contributed by atoms with E-state index in [0.717, 1.165) is 38.5 Å². The molecule has 0 saturated heterocycles. The zero-order valence-corrected chi connectivity index (χ0v) is 15.7. The van der Waals surface area contributed by atoms with Crippen LogP contribution in [0.1, 0.15) is 71.6 Å². The highest BCUT2D eigenvalue weighted by atomic mass is 16.3. The lowest BCUT2D eigenvalue weighted by molar-refractivity contribution is -0.121. The van der Waals surface area contributed by atoms with Gasteiger partial charge in [-0.25, -0.2) is 0 Å². The summed E-state index contributed by atoms with van der Waals surface area (Å²) in [6.45, 7) is 3.72. The molecule has 0 spiro atoms. The van der Waals surface area contributed by atoms with Gasteiger partial charge in [-0.1, -0.05) is 50.5 Å². The van der Waals surface area contributed by atoms with Gasteiger partial charge in [0.2, 0.25) is 0 Å². The van der Waals surface area contributed by atoms with Crippen LogP contribution in [0.3, 0.4) is 0 Å². The summed E-state index contributed by atoms with van der Waals surface area (Å²) in [5.41, 5.74) is 0. The third-order valence-electron chi connectivity index (χ3n) is 4.85. The number of carbonyl (C=O) groups excluding carboxylic acids is 2. The molecule has 0 radical (unpaired) electrons. The summed E-state index contributed by atoms with van der Waals surface area (Å²) in [6.07, 6.45) is 13.4. The average Bonchev–Trinajstić information content (AvgIpc) is 2.82. The van der Waals surface area contributed by atoms with Crippen LogP contribution in [0.15, 0.2) is 24.3 Å². The van der Waals surface area contributed by atoms with E-state index < -0.39 is 12.2 Å². The molecule has 4 heteroatoms. The van der Waals surface area contributed by atoms with Crippen LogP contribution in [0.25, 0.3) is 0 Å². The summed E-state index contributed by atoms with van der Waals surface area (Å²) in [6, 6.07) is 0. The fraction of sp³-hybridized carbons (Fsp3) is 0.714. The molecule has 1 aliphatic carbocycles. The third-order valence-corrected chi connectivity index (χ3v) is 4.85. The Balaban J connectivity index is 2.48. The van der Waals surface area contributed by atoms with Crippen LogP contribution < -0.4 is 0 Å². The molecule has 0 aliphatic heterocycles. The van der Waals surface area contributed by atoms with Gasteiger partial charge in [-0.3, -0.25) is 4.79 Å². The highest BCUT2D eigenvalue weighted by molar-refractivity contribution is 5.84. The molecule has 1 aliphatic rings. The number of unbranched alkanes of at least 4 members (excludes halogenated alkanes) is 3. The second-order valence-corrected chi connectivity index (χ2v) is 7.17. The lowest BCUT2D eigenvalue weighted by atomic mass is 9.90. The summed E-state index contributed by atoms with van der Waals surface area (Å²) in [5.74, 6) is -0.130. The topological polar surface area (TPSA) is 74.6 Å². The quantitative estimate of drug-likeness (QED) is 0.415. The van der Waals surface area contributed by atoms with Gasteiger partial charge in [0.15, 0.2) is 0 Å². The fourth-order valence-corrected chi connectivity index (χ4v) is 3.31. The van der Waals surface area contributed by atoms with Gasteiger partial charge >= 0.3 is 0 Å². The first kappa shape index (κ1) is 21.8. The van der Waals surface area contributed by atoms with Crippen molar-refractivity contribution < 1.29 is 19.8 Å². The van der Waals surface area contributed by atoms with Crippen LogP contribution in [0.2, 0.25) is 0 Å². The maximum atomic E-state index is 12.1. The standard InChI is InChI=1S/C21H34O4/c1-3-4-7-11-17(23)13-14-19-18(20(24)15-21(19)25)12-9-6-5-8-10-16(2)22/h6,9,13-14,17-19,21,23,25H,3-5,7-8,10-12,15H2,1-2H3/b9-6-,14-13+/t17-,18?,19?,21+/m0/s1. The van der Waals surface area contributed by atoms with Crippen molar-refractivity contribution in [1.29, 1.82) is 0 Å². The lowest BCUT2D eigenvalue weighted by Gasteiger charge is -2.16. The van der Waals surface area contributed by atoms with Gasteiger partial charge in [-0.05, 0) is 32.6 Å². The van der Waals surface area contributed by atoms with E-state index in [1.807, 2.05) is 18.2 Å². The highest BCUT2D eigenvalue weighted by Crippen LogP contribution is 2.33. The van der Waals surface area contributed by atoms with E-state index in [4.69, 9.17) is 0 Å². The number of carbonyl (C=O) groups is 2. The predicted molar refractivity (Wildman–Crippen MR) is 100 cm³/mol. The molecule has 0 amide bonds. The van der Waals surface area contributed by atoms with Crippen molar-refractivity contribution in [3.8, 4) is 0 Å². The highest BCUT2D eigenvalue weighted by Gasteiger charge is 2.39. The van der Waals surface area contributed by atoms with Gasteiger partial charge in [0.05, 0.1) is 12.2 Å². The second kappa shape index (κ2) is 12.2. The van der Waals surface area contributed by atoms with E-state index in [1.54, 1.807) is 13.0 Å². The Labute approximate surface area is 152 Å². The molecule has 0 bridgehead atoms. The van der Waals surface area contributed by atoms with E-state index in [2.05, 4.69) is 6.92 Å². The van der Waals surface area contributed by atoms with Crippen LogP contribution in [-0.4, -0.2) is 34.0 Å². The molecule has 0 aromatic heterocycles. The molecule has 1 fully saturated rings. The fourth-order valence-electron chi connectivity index (χ4n) is 3.31. The summed E-state index contributed by atoms with van der Waals surface area (Å²) < 4.78 is 0. The maximum absolute atomic E-state index is 12.1. The molecule has 0 heterocycles. The minimum absolute atomic E-state index is 0.0935. The molecule has 2 unspecified atom stereocenters. The van der Waals surface area contributed by atoms with Gasteiger partial charge in [0.25, 0.3) is 0 Å². The normalized spacial score (nSPS) is 25.3. The van der Waals surface area contributed by atoms with Crippen LogP contribution >= 0.6 is 0 Å². The Kier molecular flexibility index (Phi) is 10.6. The summed E-state index contributed by atoms with van der Waals surface area (Å²) >= 11 is 0. The van der Waals surface area contributed by atoms with Crippen LogP contribution in [-0.2, 0) is 9.59 Å². The number of aliphatic hydroxyl groups excluding tert-OH is 2. The van der Waals surface area contributed by atoms with Crippen molar-refractivity contribution in [2.45, 2.75) is 83.8 Å². The van der Waals surface area contributed by atoms with Crippen molar-refractivity contribution in [2.75, 3.05) is 0 Å². The molecular weight excluding hydrogens is 316 g/mol. The number of ketones is 2. The molecular formula is C21H34O4. The van der Waals surface area contributed by atoms with Crippen LogP contribution in [0, 0.1) is 11.8 Å². The Morgan fingerprint density at radius 3 is 2.72 bits per heavy atom. The van der Waals surface area contributed by atoms with E-state index in [-0.39, 0.29) is 29.8 Å². The Bertz CT molecular complexity index is 467. The van der Waals surface area contributed by atoms with Gasteiger partial charge in [-0.15, -0.1) is 0 Å². The molecule has 2 N–H and O–H groups in total. The molecule has 142 valence electrons. The number of aliphatic hydroxyl groups is 2. The zero-order chi connectivity index (χ0) is 18.7. The van der Waals surface area contributed by atoms with Gasteiger partial charge in [0.1, 0.15) is 11.6 Å². The number of allylic oxidation sites excluding steroid dienone is 2. The molecule has 0 aromatic carbocycles. The van der Waals surface area contributed by atoms with E-state index >= 15 is 0 Å². The first-order valence-electron chi connectivity index (χ1n) is 9.67. The van der Waals surface area contributed by atoms with Crippen molar-refractivity contribution in [2.24, 2.45) is 11.8 Å². The van der Waals surface area contributed by atoms with E-state index in [0.29, 0.717) is 12.8 Å².